The lowest BCUT2D eigenvalue weighted by molar-refractivity contribution is -0.126. The first-order chi connectivity index (χ1) is 18.0. The fourth-order valence-electron chi connectivity index (χ4n) is 5.52. The van der Waals surface area contributed by atoms with Crippen molar-refractivity contribution in [3.05, 3.63) is 93.3 Å². The van der Waals surface area contributed by atoms with Gasteiger partial charge in [-0.2, -0.15) is 0 Å². The molecule has 2 amide bonds. The number of anilines is 1. The van der Waals surface area contributed by atoms with E-state index >= 15 is 0 Å². The number of thiazole rings is 1. The highest BCUT2D eigenvalue weighted by Gasteiger charge is 2.52. The average Bonchev–Trinajstić information content (AvgIpc) is 3.66. The number of hydrogen-bond donors (Lipinski definition) is 3. The Morgan fingerprint density at radius 2 is 2.00 bits per heavy atom. The van der Waals surface area contributed by atoms with Crippen molar-refractivity contribution in [1.82, 2.24) is 29.7 Å². The van der Waals surface area contributed by atoms with Gasteiger partial charge in [0.2, 0.25) is 11.8 Å². The van der Waals surface area contributed by atoms with E-state index in [1.807, 2.05) is 42.5 Å². The van der Waals surface area contributed by atoms with Crippen molar-refractivity contribution in [2.45, 2.75) is 19.4 Å². The molecule has 0 fully saturated rings. The van der Waals surface area contributed by atoms with Crippen molar-refractivity contribution >= 4 is 40.0 Å². The van der Waals surface area contributed by atoms with Gasteiger partial charge < -0.3 is 16.0 Å². The third-order valence-electron chi connectivity index (χ3n) is 7.18. The van der Waals surface area contributed by atoms with Gasteiger partial charge in [0.15, 0.2) is 5.13 Å². The highest BCUT2D eigenvalue weighted by Crippen LogP contribution is 2.47. The molecule has 10 nitrogen and oxygen atoms in total. The largest absolute Gasteiger partial charge is 0.368 e. The number of aromatic nitrogens is 4. The van der Waals surface area contributed by atoms with Crippen LogP contribution in [-0.4, -0.2) is 37.5 Å². The van der Waals surface area contributed by atoms with Crippen LogP contribution < -0.4 is 21.6 Å². The topological polar surface area (TPSA) is 123 Å². The summed E-state index contributed by atoms with van der Waals surface area (Å²) in [6.07, 6.45) is 6.69. The highest BCUT2D eigenvalue weighted by molar-refractivity contribution is 7.12. The molecule has 2 aliphatic heterocycles. The van der Waals surface area contributed by atoms with Gasteiger partial charge in [0.25, 0.3) is 0 Å². The van der Waals surface area contributed by atoms with Gasteiger partial charge in [-0.3, -0.25) is 14.2 Å². The van der Waals surface area contributed by atoms with E-state index in [-0.39, 0.29) is 24.0 Å². The van der Waals surface area contributed by atoms with E-state index in [0.29, 0.717) is 41.4 Å². The lowest BCUT2D eigenvalue weighted by Crippen LogP contribution is -2.35. The fourth-order valence-corrected chi connectivity index (χ4v) is 6.17. The molecular formula is C26H21N7O3S. The second kappa shape index (κ2) is 8.00. The summed E-state index contributed by atoms with van der Waals surface area (Å²) in [6, 6.07) is 11.0. The standard InChI is InChI=1S/C26H21N7O3S/c34-21(14-32-18-5-1-2-6-19(18)33(25(32)36)24-28-10-11-37-24)30-20-8-7-15-12-26(13-17(15)29-20)16-4-3-9-27-22(16)31-23(26)35/h1-8,10-11,27H,9,12-14H2,(H,31,35)(H,29,30,34). The van der Waals surface area contributed by atoms with Gasteiger partial charge in [-0.1, -0.05) is 30.4 Å². The summed E-state index contributed by atoms with van der Waals surface area (Å²) in [4.78, 5) is 48.2. The van der Waals surface area contributed by atoms with E-state index in [1.54, 1.807) is 17.6 Å². The molecule has 3 N–H and O–H groups in total. The van der Waals surface area contributed by atoms with Crippen molar-refractivity contribution in [1.29, 1.82) is 0 Å². The SMILES string of the molecule is O=C(Cn1c(=O)n(-c2nccs2)c2ccccc21)Nc1ccc2c(n1)CC1(C2)C(=O)NC2=C1C=CCN2. The summed E-state index contributed by atoms with van der Waals surface area (Å²) in [6.45, 7) is 0.512. The number of pyridine rings is 1. The molecule has 1 spiro atoms. The molecule has 4 aromatic rings. The number of carbonyl (C=O) groups excluding carboxylic acids is 2. The summed E-state index contributed by atoms with van der Waals surface area (Å²) in [5.74, 6) is 0.766. The van der Waals surface area contributed by atoms with Crippen molar-refractivity contribution < 1.29 is 9.59 Å². The van der Waals surface area contributed by atoms with E-state index in [4.69, 9.17) is 0 Å². The molecule has 0 bridgehead atoms. The van der Waals surface area contributed by atoms with Crippen molar-refractivity contribution in [3.8, 4) is 5.13 Å². The number of carbonyl (C=O) groups is 2. The third kappa shape index (κ3) is 3.27. The smallest absolute Gasteiger partial charge is 0.336 e. The maximum Gasteiger partial charge on any atom is 0.336 e. The molecule has 3 aliphatic rings. The molecule has 0 saturated heterocycles. The second-order valence-corrected chi connectivity index (χ2v) is 10.2. The van der Waals surface area contributed by atoms with Crippen LogP contribution in [0.4, 0.5) is 5.82 Å². The van der Waals surface area contributed by atoms with Gasteiger partial charge in [0.1, 0.15) is 18.2 Å². The summed E-state index contributed by atoms with van der Waals surface area (Å²) in [5, 5.41) is 11.4. The van der Waals surface area contributed by atoms with Gasteiger partial charge in [0.05, 0.1) is 16.4 Å². The molecule has 0 saturated carbocycles. The van der Waals surface area contributed by atoms with Crippen molar-refractivity contribution in [2.24, 2.45) is 5.41 Å². The molecule has 184 valence electrons. The zero-order valence-electron chi connectivity index (χ0n) is 19.5. The predicted octanol–water partition coefficient (Wildman–Crippen LogP) is 1.87. The normalized spacial score (nSPS) is 19.7. The molecule has 1 aromatic carbocycles. The highest BCUT2D eigenvalue weighted by atomic mass is 32.1. The Labute approximate surface area is 214 Å². The summed E-state index contributed by atoms with van der Waals surface area (Å²) >= 11 is 1.35. The Morgan fingerprint density at radius 3 is 2.84 bits per heavy atom. The van der Waals surface area contributed by atoms with E-state index in [2.05, 4.69) is 25.9 Å². The van der Waals surface area contributed by atoms with Gasteiger partial charge in [0, 0.05) is 35.8 Å². The molecular weight excluding hydrogens is 490 g/mol. The van der Waals surface area contributed by atoms with Crippen molar-refractivity contribution in [2.75, 3.05) is 11.9 Å². The average molecular weight is 512 g/mol. The Balaban J connectivity index is 1.15. The number of dihydropyridines is 1. The van der Waals surface area contributed by atoms with Gasteiger partial charge in [-0.05, 0) is 30.2 Å². The molecule has 37 heavy (non-hydrogen) atoms. The Bertz CT molecular complexity index is 1730. The van der Waals surface area contributed by atoms with E-state index in [1.165, 1.54) is 20.5 Å². The quantitative estimate of drug-likeness (QED) is 0.385. The van der Waals surface area contributed by atoms with Gasteiger partial charge >= 0.3 is 5.69 Å². The summed E-state index contributed by atoms with van der Waals surface area (Å²) in [7, 11) is 0. The summed E-state index contributed by atoms with van der Waals surface area (Å²) in [5.41, 5.74) is 3.06. The van der Waals surface area contributed by atoms with Crippen LogP contribution in [0.2, 0.25) is 0 Å². The number of allylic oxidation sites excluding steroid dienone is 1. The number of fused-ring (bicyclic) bond motifs is 3. The zero-order chi connectivity index (χ0) is 25.1. The van der Waals surface area contributed by atoms with Crippen LogP contribution in [0.15, 0.2) is 76.3 Å². The van der Waals surface area contributed by atoms with Crippen LogP contribution in [-0.2, 0) is 29.0 Å². The molecule has 1 atom stereocenters. The first-order valence-electron chi connectivity index (χ1n) is 11.9. The minimum absolute atomic E-state index is 0.0314. The maximum atomic E-state index is 13.3. The number of benzene rings is 1. The molecule has 7 rings (SSSR count). The number of rotatable bonds is 4. The Hall–Kier alpha value is -4.51. The molecule has 0 radical (unpaired) electrons. The number of amides is 2. The molecule has 1 unspecified atom stereocenters. The second-order valence-electron chi connectivity index (χ2n) is 9.32. The molecule has 3 aromatic heterocycles. The lowest BCUT2D eigenvalue weighted by atomic mass is 9.78. The summed E-state index contributed by atoms with van der Waals surface area (Å²) < 4.78 is 2.96. The molecule has 1 aliphatic carbocycles. The van der Waals surface area contributed by atoms with Crippen molar-refractivity contribution in [3.63, 3.8) is 0 Å². The first kappa shape index (κ1) is 21.7. The first-order valence-corrected chi connectivity index (χ1v) is 12.8. The molecule has 11 heteroatoms. The zero-order valence-corrected chi connectivity index (χ0v) is 20.3. The Morgan fingerprint density at radius 1 is 1.14 bits per heavy atom. The van der Waals surface area contributed by atoms with Crippen LogP contribution in [0.3, 0.4) is 0 Å². The van der Waals surface area contributed by atoms with Crippen LogP contribution >= 0.6 is 11.3 Å². The van der Waals surface area contributed by atoms with Crippen LogP contribution in [0.1, 0.15) is 11.3 Å². The van der Waals surface area contributed by atoms with Gasteiger partial charge in [-0.15, -0.1) is 11.3 Å². The number of hydrogen-bond acceptors (Lipinski definition) is 7. The minimum Gasteiger partial charge on any atom is -0.368 e. The number of imidazole rings is 1. The Kier molecular flexibility index (Phi) is 4.70. The maximum absolute atomic E-state index is 13.3. The van der Waals surface area contributed by atoms with Crippen LogP contribution in [0.25, 0.3) is 16.2 Å². The van der Waals surface area contributed by atoms with E-state index in [0.717, 1.165) is 22.7 Å². The number of para-hydroxylation sites is 2. The minimum atomic E-state index is -0.678. The van der Waals surface area contributed by atoms with E-state index in [9.17, 15) is 14.4 Å². The van der Waals surface area contributed by atoms with Crippen LogP contribution in [0, 0.1) is 5.41 Å². The molecule has 5 heterocycles. The predicted molar refractivity (Wildman–Crippen MR) is 138 cm³/mol. The van der Waals surface area contributed by atoms with Crippen LogP contribution in [0.5, 0.6) is 0 Å². The van der Waals surface area contributed by atoms with Gasteiger partial charge in [-0.25, -0.2) is 19.3 Å². The monoisotopic (exact) mass is 511 g/mol. The van der Waals surface area contributed by atoms with E-state index < -0.39 is 5.41 Å². The lowest BCUT2D eigenvalue weighted by Gasteiger charge is -2.22. The number of nitrogens with one attached hydrogen (secondary N) is 3. The fraction of sp³-hybridized carbons (Fsp3) is 0.192. The number of nitrogens with zero attached hydrogens (tertiary/aromatic N) is 4. The third-order valence-corrected chi connectivity index (χ3v) is 7.94.